The Kier molecular flexibility index (Phi) is 4.20. The van der Waals surface area contributed by atoms with Crippen LogP contribution in [-0.2, 0) is 20.9 Å². The third-order valence-electron chi connectivity index (χ3n) is 3.78. The molecule has 12 nitrogen and oxygen atoms in total. The molecule has 0 saturated carbocycles. The number of phosphoric ester groups is 1. The third-order valence-corrected chi connectivity index (χ3v) is 4.27. The molecule has 1 fully saturated rings. The predicted octanol–water partition coefficient (Wildman–Crippen LogP) is -1.53. The van der Waals surface area contributed by atoms with Gasteiger partial charge < -0.3 is 25.4 Å². The summed E-state index contributed by atoms with van der Waals surface area (Å²) >= 11 is 0. The number of fused-ring (bicyclic) bond motifs is 1. The van der Waals surface area contributed by atoms with Gasteiger partial charge in [-0.2, -0.15) is 4.98 Å². The summed E-state index contributed by atoms with van der Waals surface area (Å²) in [4.78, 5) is 37.2. The molecular weight excluding hydrogens is 345 g/mol. The van der Waals surface area contributed by atoms with Crippen LogP contribution in [0, 0.1) is 0 Å². The maximum absolute atomic E-state index is 11.8. The molecule has 0 spiro atoms. The van der Waals surface area contributed by atoms with Crippen molar-refractivity contribution < 1.29 is 28.7 Å². The van der Waals surface area contributed by atoms with Crippen LogP contribution in [0.25, 0.3) is 11.2 Å². The van der Waals surface area contributed by atoms with Crippen molar-refractivity contribution >= 4 is 24.8 Å². The highest BCUT2D eigenvalue weighted by Gasteiger charge is 2.37. The Labute approximate surface area is 134 Å². The van der Waals surface area contributed by atoms with Crippen molar-refractivity contribution in [3.63, 3.8) is 0 Å². The zero-order valence-corrected chi connectivity index (χ0v) is 13.4. The Balaban J connectivity index is 1.87. The molecule has 0 bridgehead atoms. The Morgan fingerprint density at radius 1 is 1.54 bits per heavy atom. The van der Waals surface area contributed by atoms with Crippen LogP contribution in [0.2, 0.25) is 0 Å². The van der Waals surface area contributed by atoms with E-state index in [0.29, 0.717) is 5.52 Å². The van der Waals surface area contributed by atoms with Gasteiger partial charge in [-0.25, -0.2) is 14.3 Å². The molecule has 1 saturated heterocycles. The van der Waals surface area contributed by atoms with Crippen LogP contribution in [0.5, 0.6) is 0 Å². The molecule has 0 aliphatic carbocycles. The summed E-state index contributed by atoms with van der Waals surface area (Å²) in [5, 5.41) is 9.98. The number of nitrogens with two attached hydrogens (primary N) is 1. The number of phosphoric acid groups is 1. The molecule has 24 heavy (non-hydrogen) atoms. The van der Waals surface area contributed by atoms with Crippen molar-refractivity contribution in [2.45, 2.75) is 24.9 Å². The SMILES string of the molecule is Cn1c(N)c2ncn([C@H]3C[C@H](O)[C@@H](COP(=O)(O)O)O3)c2nc1=O. The highest BCUT2D eigenvalue weighted by atomic mass is 31.2. The van der Waals surface area contributed by atoms with Crippen LogP contribution in [0.1, 0.15) is 12.6 Å². The van der Waals surface area contributed by atoms with Gasteiger partial charge in [0, 0.05) is 13.5 Å². The first-order chi connectivity index (χ1) is 11.2. The lowest BCUT2D eigenvalue weighted by Gasteiger charge is -2.16. The Morgan fingerprint density at radius 2 is 2.25 bits per heavy atom. The van der Waals surface area contributed by atoms with Crippen molar-refractivity contribution in [2.75, 3.05) is 12.3 Å². The maximum atomic E-state index is 11.8. The van der Waals surface area contributed by atoms with Crippen LogP contribution >= 0.6 is 7.82 Å². The van der Waals surface area contributed by atoms with E-state index in [4.69, 9.17) is 20.3 Å². The monoisotopic (exact) mass is 361 g/mol. The zero-order valence-electron chi connectivity index (χ0n) is 12.5. The van der Waals surface area contributed by atoms with Crippen molar-refractivity contribution in [2.24, 2.45) is 7.05 Å². The van der Waals surface area contributed by atoms with E-state index in [1.807, 2.05) is 0 Å². The third kappa shape index (κ3) is 3.07. The minimum absolute atomic E-state index is 0.109. The number of ether oxygens (including phenoxy) is 1. The second kappa shape index (κ2) is 5.92. The van der Waals surface area contributed by atoms with E-state index in [-0.39, 0.29) is 17.9 Å². The van der Waals surface area contributed by atoms with Crippen molar-refractivity contribution in [3.05, 3.63) is 16.8 Å². The highest BCUT2D eigenvalue weighted by molar-refractivity contribution is 7.46. The molecule has 5 N–H and O–H groups in total. The van der Waals surface area contributed by atoms with Gasteiger partial charge in [-0.1, -0.05) is 0 Å². The number of hydrogen-bond acceptors (Lipinski definition) is 8. The van der Waals surface area contributed by atoms with Crippen LogP contribution in [0.4, 0.5) is 5.82 Å². The van der Waals surface area contributed by atoms with Crippen LogP contribution in [0.15, 0.2) is 11.1 Å². The van der Waals surface area contributed by atoms with E-state index in [9.17, 15) is 14.5 Å². The van der Waals surface area contributed by atoms with Crippen LogP contribution < -0.4 is 11.4 Å². The van der Waals surface area contributed by atoms with E-state index in [2.05, 4.69) is 14.5 Å². The summed E-state index contributed by atoms with van der Waals surface area (Å²) in [6.45, 7) is -0.480. The van der Waals surface area contributed by atoms with E-state index in [1.165, 1.54) is 17.9 Å². The molecule has 0 amide bonds. The molecule has 13 heteroatoms. The molecule has 2 aromatic heterocycles. The molecule has 3 atom stereocenters. The lowest BCUT2D eigenvalue weighted by atomic mass is 10.2. The fourth-order valence-corrected chi connectivity index (χ4v) is 2.83. The summed E-state index contributed by atoms with van der Waals surface area (Å²) in [6, 6.07) is 0. The van der Waals surface area contributed by atoms with Gasteiger partial charge in [0.05, 0.1) is 19.0 Å². The number of aromatic nitrogens is 4. The number of anilines is 1. The topological polar surface area (TPSA) is 175 Å². The van der Waals surface area contributed by atoms with Gasteiger partial charge in [0.25, 0.3) is 0 Å². The van der Waals surface area contributed by atoms with Gasteiger partial charge in [0.1, 0.15) is 23.7 Å². The number of hydrogen-bond donors (Lipinski definition) is 4. The fourth-order valence-electron chi connectivity index (χ4n) is 2.49. The van der Waals surface area contributed by atoms with Gasteiger partial charge in [-0.05, 0) is 0 Å². The standard InChI is InChI=1S/C11H16N5O7P/c1-15-9(12)8-10(14-11(15)18)16(4-13-8)7-2-5(17)6(23-7)3-22-24(19,20)21/h4-7,17H,2-3,12H2,1H3,(H2,19,20,21)/t5-,6+,7+/m0/s1. The normalized spacial score (nSPS) is 24.8. The smallest absolute Gasteiger partial charge is 0.390 e. The zero-order chi connectivity index (χ0) is 17.6. The summed E-state index contributed by atoms with van der Waals surface area (Å²) in [5.74, 6) is 0.142. The van der Waals surface area contributed by atoms with Crippen LogP contribution in [-0.4, -0.2) is 52.8 Å². The number of rotatable bonds is 4. The molecule has 1 aliphatic rings. The Morgan fingerprint density at radius 3 is 2.92 bits per heavy atom. The highest BCUT2D eigenvalue weighted by Crippen LogP contribution is 2.38. The first-order valence-corrected chi connectivity index (χ1v) is 8.43. The molecule has 132 valence electrons. The largest absolute Gasteiger partial charge is 0.469 e. The molecule has 3 heterocycles. The molecular formula is C11H16N5O7P. The van der Waals surface area contributed by atoms with Crippen LogP contribution in [0.3, 0.4) is 0 Å². The minimum Gasteiger partial charge on any atom is -0.390 e. The summed E-state index contributed by atoms with van der Waals surface area (Å²) in [7, 11) is -3.20. The molecule has 0 unspecified atom stereocenters. The van der Waals surface area contributed by atoms with Gasteiger partial charge in [-0.3, -0.25) is 13.7 Å². The van der Waals surface area contributed by atoms with E-state index in [0.717, 1.165) is 4.57 Å². The van der Waals surface area contributed by atoms with Gasteiger partial charge in [0.2, 0.25) is 0 Å². The Bertz CT molecular complexity index is 874. The minimum atomic E-state index is -4.67. The first kappa shape index (κ1) is 17.0. The van der Waals surface area contributed by atoms with Gasteiger partial charge in [0.15, 0.2) is 5.65 Å². The van der Waals surface area contributed by atoms with Crippen molar-refractivity contribution in [1.82, 2.24) is 19.1 Å². The number of nitrogen functional groups attached to an aromatic ring is 1. The van der Waals surface area contributed by atoms with E-state index >= 15 is 0 Å². The van der Waals surface area contributed by atoms with Gasteiger partial charge in [-0.15, -0.1) is 0 Å². The predicted molar refractivity (Wildman–Crippen MR) is 79.7 cm³/mol. The van der Waals surface area contributed by atoms with E-state index in [1.54, 1.807) is 0 Å². The van der Waals surface area contributed by atoms with Crippen molar-refractivity contribution in [3.8, 4) is 0 Å². The first-order valence-electron chi connectivity index (χ1n) is 6.90. The average Bonchev–Trinajstić information content (AvgIpc) is 3.05. The fraction of sp³-hybridized carbons (Fsp3) is 0.545. The molecule has 0 aromatic carbocycles. The van der Waals surface area contributed by atoms with Crippen molar-refractivity contribution in [1.29, 1.82) is 0 Å². The molecule has 2 aromatic rings. The summed E-state index contributed by atoms with van der Waals surface area (Å²) in [5.41, 5.74) is 5.77. The Hall–Kier alpha value is -1.82. The second-order valence-corrected chi connectivity index (χ2v) is 6.62. The second-order valence-electron chi connectivity index (χ2n) is 5.38. The number of nitrogens with zero attached hydrogens (tertiary/aromatic N) is 4. The average molecular weight is 361 g/mol. The van der Waals surface area contributed by atoms with Gasteiger partial charge >= 0.3 is 13.5 Å². The maximum Gasteiger partial charge on any atom is 0.469 e. The van der Waals surface area contributed by atoms with E-state index < -0.39 is 38.6 Å². The number of aliphatic hydroxyl groups is 1. The summed E-state index contributed by atoms with van der Waals surface area (Å²) < 4.78 is 23.2. The number of imidazole rings is 1. The lowest BCUT2D eigenvalue weighted by molar-refractivity contribution is -0.0424. The molecule has 3 rings (SSSR count). The quantitative estimate of drug-likeness (QED) is 0.467. The molecule has 0 radical (unpaired) electrons. The lowest BCUT2D eigenvalue weighted by Crippen LogP contribution is -2.26. The summed E-state index contributed by atoms with van der Waals surface area (Å²) in [6.07, 6.45) is -1.20. The number of aliphatic hydroxyl groups excluding tert-OH is 1. The molecule has 1 aliphatic heterocycles.